The molecule has 0 fully saturated rings. The zero-order chi connectivity index (χ0) is 13.5. The SMILES string of the molecule is CC(C#CC1=CC(N)=CCC=C1)=NC(C)C(C)C. The van der Waals surface area contributed by atoms with Crippen LogP contribution in [-0.4, -0.2) is 11.8 Å². The smallest absolute Gasteiger partial charge is 0.0820 e. The van der Waals surface area contributed by atoms with E-state index in [4.69, 9.17) is 5.73 Å². The van der Waals surface area contributed by atoms with E-state index in [1.807, 2.05) is 25.2 Å². The summed E-state index contributed by atoms with van der Waals surface area (Å²) in [6.07, 6.45) is 8.81. The minimum absolute atomic E-state index is 0.308. The highest BCUT2D eigenvalue weighted by Crippen LogP contribution is 2.07. The summed E-state index contributed by atoms with van der Waals surface area (Å²) in [5.41, 5.74) is 8.38. The lowest BCUT2D eigenvalue weighted by atomic mass is 10.1. The van der Waals surface area contributed by atoms with Gasteiger partial charge in [0.15, 0.2) is 0 Å². The van der Waals surface area contributed by atoms with Crippen molar-refractivity contribution in [1.29, 1.82) is 0 Å². The van der Waals surface area contributed by atoms with Gasteiger partial charge in [-0.15, -0.1) is 0 Å². The zero-order valence-electron chi connectivity index (χ0n) is 11.7. The second-order valence-electron chi connectivity index (χ2n) is 4.89. The molecule has 1 atom stereocenters. The summed E-state index contributed by atoms with van der Waals surface area (Å²) in [7, 11) is 0. The molecule has 0 aromatic heterocycles. The van der Waals surface area contributed by atoms with Crippen molar-refractivity contribution in [1.82, 2.24) is 0 Å². The van der Waals surface area contributed by atoms with Gasteiger partial charge >= 0.3 is 0 Å². The standard InChI is InChI=1S/C16H22N2/c1-12(2)14(4)18-13(3)9-10-15-7-5-6-8-16(17)11-15/h5,7-8,11-12,14H,6,17H2,1-4H3. The van der Waals surface area contributed by atoms with Crippen LogP contribution in [0.5, 0.6) is 0 Å². The van der Waals surface area contributed by atoms with Gasteiger partial charge in [0.2, 0.25) is 0 Å². The summed E-state index contributed by atoms with van der Waals surface area (Å²) in [5.74, 6) is 6.73. The molecule has 1 aliphatic carbocycles. The molecule has 2 N–H and O–H groups in total. The van der Waals surface area contributed by atoms with E-state index in [9.17, 15) is 0 Å². The molecule has 96 valence electrons. The molecular formula is C16H22N2. The molecule has 0 heterocycles. The second kappa shape index (κ2) is 6.86. The van der Waals surface area contributed by atoms with Gasteiger partial charge < -0.3 is 5.73 Å². The molecule has 1 rings (SSSR count). The Morgan fingerprint density at radius 1 is 1.39 bits per heavy atom. The largest absolute Gasteiger partial charge is 0.399 e. The van der Waals surface area contributed by atoms with Crippen molar-refractivity contribution in [3.8, 4) is 11.8 Å². The molecule has 0 amide bonds. The lowest BCUT2D eigenvalue weighted by Gasteiger charge is -2.09. The van der Waals surface area contributed by atoms with Gasteiger partial charge in [0.05, 0.1) is 11.8 Å². The summed E-state index contributed by atoms with van der Waals surface area (Å²) in [6, 6.07) is 0.308. The lowest BCUT2D eigenvalue weighted by molar-refractivity contribution is 0.532. The van der Waals surface area contributed by atoms with Crippen LogP contribution in [0.3, 0.4) is 0 Å². The van der Waals surface area contributed by atoms with Crippen LogP contribution in [0.2, 0.25) is 0 Å². The molecule has 1 aliphatic rings. The van der Waals surface area contributed by atoms with Crippen molar-refractivity contribution >= 4 is 5.71 Å². The highest BCUT2D eigenvalue weighted by Gasteiger charge is 2.03. The molecule has 0 radical (unpaired) electrons. The van der Waals surface area contributed by atoms with Gasteiger partial charge in [-0.3, -0.25) is 4.99 Å². The number of nitrogens with zero attached hydrogens (tertiary/aromatic N) is 1. The Bertz CT molecular complexity index is 465. The van der Waals surface area contributed by atoms with Gasteiger partial charge in [-0.1, -0.05) is 38.0 Å². The molecule has 0 spiro atoms. The van der Waals surface area contributed by atoms with Crippen molar-refractivity contribution in [2.75, 3.05) is 0 Å². The number of aliphatic imine (C=N–C) groups is 1. The molecule has 18 heavy (non-hydrogen) atoms. The maximum absolute atomic E-state index is 5.80. The van der Waals surface area contributed by atoms with Gasteiger partial charge in [-0.2, -0.15) is 0 Å². The van der Waals surface area contributed by atoms with E-state index in [-0.39, 0.29) is 0 Å². The lowest BCUT2D eigenvalue weighted by Crippen LogP contribution is -2.09. The Balaban J connectivity index is 2.79. The maximum Gasteiger partial charge on any atom is 0.0820 e. The van der Waals surface area contributed by atoms with Crippen LogP contribution in [0.15, 0.2) is 40.6 Å². The van der Waals surface area contributed by atoms with Crippen LogP contribution in [0.4, 0.5) is 0 Å². The fraction of sp³-hybridized carbons (Fsp3) is 0.438. The highest BCUT2D eigenvalue weighted by atomic mass is 14.8. The number of hydrogen-bond donors (Lipinski definition) is 1. The van der Waals surface area contributed by atoms with Crippen molar-refractivity contribution in [3.05, 3.63) is 35.6 Å². The normalized spacial score (nSPS) is 17.5. The van der Waals surface area contributed by atoms with E-state index in [1.54, 1.807) is 0 Å². The summed E-state index contributed by atoms with van der Waals surface area (Å²) in [6.45, 7) is 8.39. The van der Waals surface area contributed by atoms with Crippen LogP contribution in [0.1, 0.15) is 34.1 Å². The van der Waals surface area contributed by atoms with Crippen molar-refractivity contribution < 1.29 is 0 Å². The Morgan fingerprint density at radius 3 is 2.78 bits per heavy atom. The first-order chi connectivity index (χ1) is 8.49. The molecule has 1 unspecified atom stereocenters. The van der Waals surface area contributed by atoms with Crippen LogP contribution in [-0.2, 0) is 0 Å². The van der Waals surface area contributed by atoms with E-state index >= 15 is 0 Å². The monoisotopic (exact) mass is 242 g/mol. The average molecular weight is 242 g/mol. The molecule has 0 aromatic carbocycles. The quantitative estimate of drug-likeness (QED) is 0.586. The van der Waals surface area contributed by atoms with E-state index in [0.717, 1.165) is 23.4 Å². The predicted molar refractivity (Wildman–Crippen MR) is 79.3 cm³/mol. The van der Waals surface area contributed by atoms with E-state index < -0.39 is 0 Å². The van der Waals surface area contributed by atoms with Gasteiger partial charge in [0, 0.05) is 11.3 Å². The minimum Gasteiger partial charge on any atom is -0.399 e. The first-order valence-corrected chi connectivity index (χ1v) is 6.39. The first-order valence-electron chi connectivity index (χ1n) is 6.39. The number of allylic oxidation sites excluding steroid dienone is 5. The second-order valence-corrected chi connectivity index (χ2v) is 4.89. The molecule has 0 saturated carbocycles. The fourth-order valence-electron chi connectivity index (χ4n) is 1.41. The topological polar surface area (TPSA) is 38.4 Å². The van der Waals surface area contributed by atoms with Crippen molar-refractivity contribution in [2.45, 2.75) is 40.2 Å². The summed E-state index contributed by atoms with van der Waals surface area (Å²) >= 11 is 0. The summed E-state index contributed by atoms with van der Waals surface area (Å²) < 4.78 is 0. The number of hydrogen-bond acceptors (Lipinski definition) is 2. The van der Waals surface area contributed by atoms with Crippen molar-refractivity contribution in [3.63, 3.8) is 0 Å². The molecule has 0 aromatic rings. The average Bonchev–Trinajstić information content (AvgIpc) is 2.50. The van der Waals surface area contributed by atoms with Crippen LogP contribution < -0.4 is 5.73 Å². The molecule has 0 aliphatic heterocycles. The van der Waals surface area contributed by atoms with E-state index in [2.05, 4.69) is 43.7 Å². The zero-order valence-corrected chi connectivity index (χ0v) is 11.7. The van der Waals surface area contributed by atoms with E-state index in [1.165, 1.54) is 0 Å². The number of rotatable bonds is 2. The molecule has 2 heteroatoms. The van der Waals surface area contributed by atoms with Crippen molar-refractivity contribution in [2.24, 2.45) is 16.6 Å². The summed E-state index contributed by atoms with van der Waals surface area (Å²) in [5, 5.41) is 0. The maximum atomic E-state index is 5.80. The molecule has 2 nitrogen and oxygen atoms in total. The third-order valence-corrected chi connectivity index (χ3v) is 2.86. The van der Waals surface area contributed by atoms with Crippen LogP contribution in [0.25, 0.3) is 0 Å². The third-order valence-electron chi connectivity index (χ3n) is 2.86. The molecule has 0 saturated heterocycles. The summed E-state index contributed by atoms with van der Waals surface area (Å²) in [4.78, 5) is 4.55. The Morgan fingerprint density at radius 2 is 2.11 bits per heavy atom. The first kappa shape index (κ1) is 14.3. The Hall–Kier alpha value is -1.75. The van der Waals surface area contributed by atoms with Crippen LogP contribution in [0, 0.1) is 17.8 Å². The van der Waals surface area contributed by atoms with Gasteiger partial charge in [0.1, 0.15) is 0 Å². The van der Waals surface area contributed by atoms with E-state index in [0.29, 0.717) is 12.0 Å². The molecular weight excluding hydrogens is 220 g/mol. The minimum atomic E-state index is 0.308. The fourth-order valence-corrected chi connectivity index (χ4v) is 1.41. The number of nitrogens with two attached hydrogens (primary N) is 1. The Labute approximate surface area is 110 Å². The van der Waals surface area contributed by atoms with Gasteiger partial charge in [-0.05, 0) is 38.2 Å². The van der Waals surface area contributed by atoms with Gasteiger partial charge in [-0.25, -0.2) is 0 Å². The third kappa shape index (κ3) is 5.05. The van der Waals surface area contributed by atoms with Crippen LogP contribution >= 0.6 is 0 Å². The molecule has 0 bridgehead atoms. The van der Waals surface area contributed by atoms with Gasteiger partial charge in [0.25, 0.3) is 0 Å². The highest BCUT2D eigenvalue weighted by molar-refractivity contribution is 5.99. The predicted octanol–water partition coefficient (Wildman–Crippen LogP) is 3.22. The Kier molecular flexibility index (Phi) is 5.45.